The summed E-state index contributed by atoms with van der Waals surface area (Å²) >= 11 is 0. The zero-order valence-electron chi connectivity index (χ0n) is 18.1. The Morgan fingerprint density at radius 2 is 1.94 bits per heavy atom. The summed E-state index contributed by atoms with van der Waals surface area (Å²) in [6, 6.07) is -2.28. The van der Waals surface area contributed by atoms with Gasteiger partial charge >= 0.3 is 5.97 Å². The third-order valence-corrected chi connectivity index (χ3v) is 5.17. The molecule has 1 fully saturated rings. The van der Waals surface area contributed by atoms with Crippen LogP contribution in [0.15, 0.2) is 4.99 Å². The van der Waals surface area contributed by atoms with Gasteiger partial charge < -0.3 is 37.8 Å². The van der Waals surface area contributed by atoms with Crippen LogP contribution in [0.5, 0.6) is 0 Å². The van der Waals surface area contributed by atoms with Gasteiger partial charge in [-0.25, -0.2) is 4.79 Å². The third-order valence-electron chi connectivity index (χ3n) is 5.17. The van der Waals surface area contributed by atoms with Crippen LogP contribution in [0.2, 0.25) is 0 Å². The molecule has 1 heterocycles. The molecule has 31 heavy (non-hydrogen) atoms. The summed E-state index contributed by atoms with van der Waals surface area (Å²) in [4.78, 5) is 52.3. The summed E-state index contributed by atoms with van der Waals surface area (Å²) < 4.78 is 0. The van der Waals surface area contributed by atoms with Crippen molar-refractivity contribution >= 4 is 29.7 Å². The van der Waals surface area contributed by atoms with Gasteiger partial charge in [-0.15, -0.1) is 0 Å². The highest BCUT2D eigenvalue weighted by Gasteiger charge is 2.28. The maximum absolute atomic E-state index is 12.6. The molecule has 9 N–H and O–H groups in total. The van der Waals surface area contributed by atoms with Gasteiger partial charge in [0, 0.05) is 6.54 Å². The molecule has 4 atom stereocenters. The highest BCUT2D eigenvalue weighted by molar-refractivity contribution is 5.92. The van der Waals surface area contributed by atoms with Crippen LogP contribution in [0.1, 0.15) is 46.0 Å². The predicted molar refractivity (Wildman–Crippen MR) is 115 cm³/mol. The number of carbonyl (C=O) groups is 4. The van der Waals surface area contributed by atoms with Crippen molar-refractivity contribution < 1.29 is 24.3 Å². The average molecular weight is 442 g/mol. The monoisotopic (exact) mass is 441 g/mol. The summed E-state index contributed by atoms with van der Waals surface area (Å²) in [5, 5.41) is 19.9. The molecule has 12 heteroatoms. The van der Waals surface area contributed by atoms with E-state index in [1.165, 1.54) is 0 Å². The minimum Gasteiger partial charge on any atom is -0.480 e. The molecule has 0 bridgehead atoms. The maximum Gasteiger partial charge on any atom is 0.326 e. The van der Waals surface area contributed by atoms with Crippen LogP contribution in [0.4, 0.5) is 0 Å². The van der Waals surface area contributed by atoms with E-state index in [9.17, 15) is 24.3 Å². The molecule has 3 amide bonds. The quantitative estimate of drug-likeness (QED) is 0.0966. The lowest BCUT2D eigenvalue weighted by atomic mass is 9.99. The molecule has 1 aliphatic heterocycles. The summed E-state index contributed by atoms with van der Waals surface area (Å²) in [6.45, 7) is 4.17. The van der Waals surface area contributed by atoms with Crippen molar-refractivity contribution in [1.29, 1.82) is 0 Å². The molecule has 12 nitrogen and oxygen atoms in total. The molecule has 0 spiro atoms. The van der Waals surface area contributed by atoms with Crippen molar-refractivity contribution in [2.24, 2.45) is 22.4 Å². The fourth-order valence-electron chi connectivity index (χ4n) is 3.15. The van der Waals surface area contributed by atoms with E-state index < -0.39 is 36.4 Å². The lowest BCUT2D eigenvalue weighted by Crippen LogP contribution is -2.53. The van der Waals surface area contributed by atoms with Crippen molar-refractivity contribution in [2.45, 2.75) is 64.1 Å². The van der Waals surface area contributed by atoms with E-state index in [0.29, 0.717) is 25.8 Å². The van der Waals surface area contributed by atoms with Crippen LogP contribution in [0, 0.1) is 5.92 Å². The van der Waals surface area contributed by atoms with E-state index in [1.807, 2.05) is 6.92 Å². The molecule has 176 valence electrons. The van der Waals surface area contributed by atoms with Gasteiger partial charge in [0.2, 0.25) is 17.7 Å². The highest BCUT2D eigenvalue weighted by Crippen LogP contribution is 2.08. The van der Waals surface area contributed by atoms with Gasteiger partial charge in [-0.3, -0.25) is 19.4 Å². The Kier molecular flexibility index (Phi) is 11.3. The number of carboxylic acid groups (broad SMARTS) is 1. The second kappa shape index (κ2) is 13.4. The average Bonchev–Trinajstić information content (AvgIpc) is 3.26. The molecule has 4 unspecified atom stereocenters. The molecule has 0 aromatic heterocycles. The number of carboxylic acids is 1. The lowest BCUT2D eigenvalue weighted by molar-refractivity contribution is -0.143. The molecular weight excluding hydrogens is 406 g/mol. The normalized spacial score (nSPS) is 18.3. The standard InChI is InChI=1S/C19H35N7O5/c1-3-11(2)15(18(30)31)26-14(27)10-24-16(28)13(7-5-9-23-19(20)21)25-17(29)12-6-4-8-22-12/h11-13,15,22H,3-10H2,1-2H3,(H,24,28)(H,25,29)(H,26,27)(H,30,31)(H4,20,21,23). The topological polar surface area (TPSA) is 201 Å². The second-order valence-corrected chi connectivity index (χ2v) is 7.65. The van der Waals surface area contributed by atoms with Crippen LogP contribution in [-0.4, -0.2) is 72.5 Å². The molecule has 0 aliphatic carbocycles. The van der Waals surface area contributed by atoms with Crippen molar-refractivity contribution in [2.75, 3.05) is 19.6 Å². The Labute approximate surface area is 182 Å². The molecule has 0 saturated carbocycles. The smallest absolute Gasteiger partial charge is 0.326 e. The first kappa shape index (κ1) is 26.1. The summed E-state index contributed by atoms with van der Waals surface area (Å²) in [7, 11) is 0. The Balaban J connectivity index is 2.65. The van der Waals surface area contributed by atoms with Crippen molar-refractivity contribution in [3.05, 3.63) is 0 Å². The van der Waals surface area contributed by atoms with E-state index in [1.54, 1.807) is 6.92 Å². The van der Waals surface area contributed by atoms with Crippen molar-refractivity contribution in [3.63, 3.8) is 0 Å². The van der Waals surface area contributed by atoms with Gasteiger partial charge in [0.25, 0.3) is 0 Å². The Morgan fingerprint density at radius 1 is 1.23 bits per heavy atom. The van der Waals surface area contributed by atoms with Gasteiger partial charge in [-0.05, 0) is 38.1 Å². The van der Waals surface area contributed by atoms with Gasteiger partial charge in [-0.1, -0.05) is 20.3 Å². The number of aliphatic imine (C=N–C) groups is 1. The van der Waals surface area contributed by atoms with Crippen LogP contribution in [0.3, 0.4) is 0 Å². The van der Waals surface area contributed by atoms with Crippen molar-refractivity contribution in [1.82, 2.24) is 21.3 Å². The van der Waals surface area contributed by atoms with E-state index in [2.05, 4.69) is 26.3 Å². The first-order valence-corrected chi connectivity index (χ1v) is 10.5. The molecular formula is C19H35N7O5. The van der Waals surface area contributed by atoms with E-state index in [-0.39, 0.29) is 30.2 Å². The molecule has 0 aromatic carbocycles. The minimum absolute atomic E-state index is 0.0637. The second-order valence-electron chi connectivity index (χ2n) is 7.65. The Bertz CT molecular complexity index is 660. The maximum atomic E-state index is 12.6. The van der Waals surface area contributed by atoms with Crippen LogP contribution < -0.4 is 32.7 Å². The lowest BCUT2D eigenvalue weighted by Gasteiger charge is -2.22. The van der Waals surface area contributed by atoms with E-state index in [0.717, 1.165) is 13.0 Å². The summed E-state index contributed by atoms with van der Waals surface area (Å²) in [5.74, 6) is -2.91. The number of guanidine groups is 1. The fraction of sp³-hybridized carbons (Fsp3) is 0.737. The number of aliphatic carboxylic acids is 1. The van der Waals surface area contributed by atoms with Crippen LogP contribution in [0.25, 0.3) is 0 Å². The number of hydrogen-bond donors (Lipinski definition) is 7. The summed E-state index contributed by atoms with van der Waals surface area (Å²) in [5.41, 5.74) is 10.6. The van der Waals surface area contributed by atoms with Crippen LogP contribution in [-0.2, 0) is 19.2 Å². The van der Waals surface area contributed by atoms with Crippen LogP contribution >= 0.6 is 0 Å². The zero-order chi connectivity index (χ0) is 23.4. The minimum atomic E-state index is -1.14. The molecule has 1 saturated heterocycles. The van der Waals surface area contributed by atoms with E-state index >= 15 is 0 Å². The molecule has 1 aliphatic rings. The molecule has 0 aromatic rings. The first-order chi connectivity index (χ1) is 14.6. The number of nitrogens with two attached hydrogens (primary N) is 2. The predicted octanol–water partition coefficient (Wildman–Crippen LogP) is -1.99. The number of hydrogen-bond acceptors (Lipinski definition) is 6. The molecule has 0 radical (unpaired) electrons. The van der Waals surface area contributed by atoms with Gasteiger partial charge in [-0.2, -0.15) is 0 Å². The largest absolute Gasteiger partial charge is 0.480 e. The first-order valence-electron chi connectivity index (χ1n) is 10.5. The van der Waals surface area contributed by atoms with Crippen molar-refractivity contribution in [3.8, 4) is 0 Å². The fourth-order valence-corrected chi connectivity index (χ4v) is 3.15. The SMILES string of the molecule is CCC(C)C(NC(=O)CNC(=O)C(CCCN=C(N)N)NC(=O)C1CCCN1)C(=O)O. The Morgan fingerprint density at radius 3 is 2.48 bits per heavy atom. The zero-order valence-corrected chi connectivity index (χ0v) is 18.1. The van der Waals surface area contributed by atoms with Gasteiger partial charge in [0.1, 0.15) is 12.1 Å². The highest BCUT2D eigenvalue weighted by atomic mass is 16.4. The Hall–Kier alpha value is -2.89. The summed E-state index contributed by atoms with van der Waals surface area (Å²) in [6.07, 6.45) is 2.84. The molecule has 1 rings (SSSR count). The van der Waals surface area contributed by atoms with Gasteiger partial charge in [0.05, 0.1) is 12.6 Å². The number of carbonyl (C=O) groups excluding carboxylic acids is 3. The number of amides is 3. The van der Waals surface area contributed by atoms with E-state index in [4.69, 9.17) is 11.5 Å². The third kappa shape index (κ3) is 9.64. The number of nitrogens with zero attached hydrogens (tertiary/aromatic N) is 1. The number of rotatable bonds is 13. The van der Waals surface area contributed by atoms with Gasteiger partial charge in [0.15, 0.2) is 5.96 Å². The number of nitrogens with one attached hydrogen (secondary N) is 4.